The lowest BCUT2D eigenvalue weighted by molar-refractivity contribution is -0.141. The fourth-order valence-electron chi connectivity index (χ4n) is 1.40. The second-order valence-corrected chi connectivity index (χ2v) is 3.67. The SMILES string of the molecule is COC(=O)[C@H](C)Nc1nnc(-c2ccccc2)o1. The van der Waals surface area contributed by atoms with Gasteiger partial charge < -0.3 is 14.5 Å². The largest absolute Gasteiger partial charge is 0.467 e. The van der Waals surface area contributed by atoms with Crippen LogP contribution in [0.4, 0.5) is 6.01 Å². The van der Waals surface area contributed by atoms with Crippen LogP contribution in [-0.2, 0) is 9.53 Å². The molecule has 6 nitrogen and oxygen atoms in total. The van der Waals surface area contributed by atoms with Crippen molar-refractivity contribution < 1.29 is 13.9 Å². The van der Waals surface area contributed by atoms with Crippen LogP contribution in [0.15, 0.2) is 34.7 Å². The van der Waals surface area contributed by atoms with Crippen molar-refractivity contribution in [3.63, 3.8) is 0 Å². The second kappa shape index (κ2) is 5.31. The molecule has 0 aliphatic heterocycles. The van der Waals surface area contributed by atoms with Crippen LogP contribution < -0.4 is 5.32 Å². The maximum absolute atomic E-state index is 11.2. The highest BCUT2D eigenvalue weighted by Crippen LogP contribution is 2.19. The van der Waals surface area contributed by atoms with Gasteiger partial charge in [0, 0.05) is 5.56 Å². The Bertz CT molecular complexity index is 524. The van der Waals surface area contributed by atoms with E-state index < -0.39 is 12.0 Å². The molecule has 0 amide bonds. The molecule has 6 heteroatoms. The van der Waals surface area contributed by atoms with Crippen LogP contribution in [0.25, 0.3) is 11.5 Å². The lowest BCUT2D eigenvalue weighted by atomic mass is 10.2. The van der Waals surface area contributed by atoms with E-state index in [1.807, 2.05) is 30.3 Å². The Kier molecular flexibility index (Phi) is 3.57. The highest BCUT2D eigenvalue weighted by atomic mass is 16.5. The van der Waals surface area contributed by atoms with Crippen molar-refractivity contribution in [2.24, 2.45) is 0 Å². The van der Waals surface area contributed by atoms with Crippen LogP contribution in [0.3, 0.4) is 0 Å². The van der Waals surface area contributed by atoms with Crippen molar-refractivity contribution in [3.8, 4) is 11.5 Å². The van der Waals surface area contributed by atoms with Gasteiger partial charge in [-0.1, -0.05) is 23.3 Å². The summed E-state index contributed by atoms with van der Waals surface area (Å²) in [5, 5.41) is 10.5. The minimum atomic E-state index is -0.543. The van der Waals surface area contributed by atoms with E-state index in [1.54, 1.807) is 6.92 Å². The number of benzene rings is 1. The summed E-state index contributed by atoms with van der Waals surface area (Å²) in [6.45, 7) is 1.65. The number of rotatable bonds is 4. The summed E-state index contributed by atoms with van der Waals surface area (Å²) >= 11 is 0. The van der Waals surface area contributed by atoms with Gasteiger partial charge in [0.1, 0.15) is 6.04 Å². The van der Waals surface area contributed by atoms with E-state index in [0.717, 1.165) is 5.56 Å². The van der Waals surface area contributed by atoms with Crippen LogP contribution in [0.2, 0.25) is 0 Å². The second-order valence-electron chi connectivity index (χ2n) is 3.67. The van der Waals surface area contributed by atoms with E-state index in [0.29, 0.717) is 5.89 Å². The number of hydrogen-bond acceptors (Lipinski definition) is 6. The molecule has 1 aromatic heterocycles. The molecule has 1 N–H and O–H groups in total. The molecule has 2 aromatic rings. The average molecular weight is 247 g/mol. The number of nitrogens with one attached hydrogen (secondary N) is 1. The summed E-state index contributed by atoms with van der Waals surface area (Å²) in [4.78, 5) is 11.2. The lowest BCUT2D eigenvalue weighted by Gasteiger charge is -2.08. The van der Waals surface area contributed by atoms with Gasteiger partial charge in [0.15, 0.2) is 0 Å². The average Bonchev–Trinajstić information content (AvgIpc) is 2.87. The number of esters is 1. The van der Waals surface area contributed by atoms with E-state index in [-0.39, 0.29) is 6.01 Å². The zero-order valence-corrected chi connectivity index (χ0v) is 10.1. The Morgan fingerprint density at radius 2 is 2.06 bits per heavy atom. The molecule has 2 rings (SSSR count). The third-order valence-corrected chi connectivity index (χ3v) is 2.34. The molecule has 1 atom stereocenters. The molecule has 0 fully saturated rings. The van der Waals surface area contributed by atoms with Crippen molar-refractivity contribution in [3.05, 3.63) is 30.3 Å². The molecule has 18 heavy (non-hydrogen) atoms. The highest BCUT2D eigenvalue weighted by molar-refractivity contribution is 5.77. The van der Waals surface area contributed by atoms with Gasteiger partial charge in [-0.15, -0.1) is 5.10 Å². The van der Waals surface area contributed by atoms with Crippen molar-refractivity contribution >= 4 is 12.0 Å². The number of carbonyl (C=O) groups excluding carboxylic acids is 1. The Morgan fingerprint density at radius 3 is 2.72 bits per heavy atom. The Hall–Kier alpha value is -2.37. The third-order valence-electron chi connectivity index (χ3n) is 2.34. The van der Waals surface area contributed by atoms with E-state index in [9.17, 15) is 4.79 Å². The van der Waals surface area contributed by atoms with Crippen LogP contribution in [-0.4, -0.2) is 29.3 Å². The predicted molar refractivity (Wildman–Crippen MR) is 64.8 cm³/mol. The zero-order valence-electron chi connectivity index (χ0n) is 10.1. The number of carbonyl (C=O) groups is 1. The van der Waals surface area contributed by atoms with E-state index in [4.69, 9.17) is 4.42 Å². The Balaban J connectivity index is 2.09. The number of methoxy groups -OCH3 is 1. The van der Waals surface area contributed by atoms with Gasteiger partial charge in [-0.05, 0) is 19.1 Å². The summed E-state index contributed by atoms with van der Waals surface area (Å²) in [5.74, 6) is 0.00428. The van der Waals surface area contributed by atoms with Crippen LogP contribution >= 0.6 is 0 Å². The molecule has 0 radical (unpaired) electrons. The van der Waals surface area contributed by atoms with Gasteiger partial charge in [-0.3, -0.25) is 0 Å². The van der Waals surface area contributed by atoms with Crippen molar-refractivity contribution in [1.82, 2.24) is 10.2 Å². The maximum atomic E-state index is 11.2. The number of nitrogens with zero attached hydrogens (tertiary/aromatic N) is 2. The summed E-state index contributed by atoms with van der Waals surface area (Å²) < 4.78 is 9.98. The van der Waals surface area contributed by atoms with Gasteiger partial charge in [0.2, 0.25) is 5.89 Å². The van der Waals surface area contributed by atoms with Gasteiger partial charge in [0.25, 0.3) is 0 Å². The summed E-state index contributed by atoms with van der Waals surface area (Å²) in [7, 11) is 1.32. The van der Waals surface area contributed by atoms with Crippen LogP contribution in [0.1, 0.15) is 6.92 Å². The van der Waals surface area contributed by atoms with Crippen LogP contribution in [0, 0.1) is 0 Å². The molecule has 0 aliphatic carbocycles. The molecule has 0 spiro atoms. The first-order chi connectivity index (χ1) is 8.70. The minimum Gasteiger partial charge on any atom is -0.467 e. The third kappa shape index (κ3) is 2.65. The smallest absolute Gasteiger partial charge is 0.328 e. The summed E-state index contributed by atoms with van der Waals surface area (Å²) in [5.41, 5.74) is 0.823. The highest BCUT2D eigenvalue weighted by Gasteiger charge is 2.16. The Labute approximate surface area is 104 Å². The molecule has 0 saturated carbocycles. The van der Waals surface area contributed by atoms with E-state index >= 15 is 0 Å². The monoisotopic (exact) mass is 247 g/mol. The molecule has 94 valence electrons. The van der Waals surface area contributed by atoms with Gasteiger partial charge in [-0.2, -0.15) is 0 Å². The molecule has 1 heterocycles. The maximum Gasteiger partial charge on any atom is 0.328 e. The first-order valence-corrected chi connectivity index (χ1v) is 5.44. The predicted octanol–water partition coefficient (Wildman–Crippen LogP) is 1.71. The molecule has 0 aliphatic rings. The topological polar surface area (TPSA) is 77.2 Å². The van der Waals surface area contributed by atoms with E-state index in [2.05, 4.69) is 20.3 Å². The number of anilines is 1. The normalized spacial score (nSPS) is 11.9. The lowest BCUT2D eigenvalue weighted by Crippen LogP contribution is -2.27. The van der Waals surface area contributed by atoms with Gasteiger partial charge >= 0.3 is 12.0 Å². The van der Waals surface area contributed by atoms with E-state index in [1.165, 1.54) is 7.11 Å². The van der Waals surface area contributed by atoms with Gasteiger partial charge in [0.05, 0.1) is 7.11 Å². The molecule has 0 bridgehead atoms. The minimum absolute atomic E-state index is 0.187. The fraction of sp³-hybridized carbons (Fsp3) is 0.250. The quantitative estimate of drug-likeness (QED) is 0.829. The fourth-order valence-corrected chi connectivity index (χ4v) is 1.40. The van der Waals surface area contributed by atoms with Crippen molar-refractivity contribution in [2.75, 3.05) is 12.4 Å². The summed E-state index contributed by atoms with van der Waals surface area (Å²) in [6.07, 6.45) is 0. The Morgan fingerprint density at radius 1 is 1.33 bits per heavy atom. The molecule has 0 unspecified atom stereocenters. The number of ether oxygens (including phenoxy) is 1. The number of hydrogen-bond donors (Lipinski definition) is 1. The van der Waals surface area contributed by atoms with Crippen molar-refractivity contribution in [1.29, 1.82) is 0 Å². The van der Waals surface area contributed by atoms with Crippen molar-refractivity contribution in [2.45, 2.75) is 13.0 Å². The summed E-state index contributed by atoms with van der Waals surface area (Å²) in [6, 6.07) is 9.03. The first kappa shape index (κ1) is 12.1. The molecular weight excluding hydrogens is 234 g/mol. The molecule has 1 aromatic carbocycles. The zero-order chi connectivity index (χ0) is 13.0. The first-order valence-electron chi connectivity index (χ1n) is 5.44. The number of aromatic nitrogens is 2. The molecular formula is C12H13N3O3. The van der Waals surface area contributed by atoms with Gasteiger partial charge in [-0.25, -0.2) is 4.79 Å². The van der Waals surface area contributed by atoms with Crippen LogP contribution in [0.5, 0.6) is 0 Å². The standard InChI is InChI=1S/C12H13N3O3/c1-8(11(16)17-2)13-12-15-14-10(18-12)9-6-4-3-5-7-9/h3-8H,1-2H3,(H,13,15)/t8-/m0/s1. The molecule has 0 saturated heterocycles.